The summed E-state index contributed by atoms with van der Waals surface area (Å²) in [5.41, 5.74) is 4.44. The van der Waals surface area contributed by atoms with Crippen molar-refractivity contribution in [2.75, 3.05) is 0 Å². The van der Waals surface area contributed by atoms with E-state index in [0.29, 0.717) is 31.6 Å². The second kappa shape index (κ2) is 15.2. The molecule has 0 aliphatic carbocycles. The van der Waals surface area contributed by atoms with Gasteiger partial charge in [0, 0.05) is 31.2 Å². The molecular weight excluding hydrogens is 520 g/mol. The van der Waals surface area contributed by atoms with E-state index < -0.39 is 17.8 Å². The SMILES string of the molecule is CC(C)(C)OC(=O)NC(=C[C@H](O)[C@H](Cc1ccccc1)N(Cc1ccccc1)Cc1ccccc1)Cc1ccccc1. The first-order chi connectivity index (χ1) is 20.2. The summed E-state index contributed by atoms with van der Waals surface area (Å²) in [7, 11) is 0. The van der Waals surface area contributed by atoms with E-state index in [2.05, 4.69) is 46.6 Å². The molecule has 0 aromatic heterocycles. The van der Waals surface area contributed by atoms with E-state index in [1.54, 1.807) is 6.08 Å². The normalized spacial score (nSPS) is 13.4. The summed E-state index contributed by atoms with van der Waals surface area (Å²) in [6.45, 7) is 6.83. The maximum absolute atomic E-state index is 12.9. The van der Waals surface area contributed by atoms with Gasteiger partial charge in [0.25, 0.3) is 0 Å². The number of nitrogens with one attached hydrogen (secondary N) is 1. The molecule has 0 saturated heterocycles. The molecule has 0 spiro atoms. The molecule has 0 bridgehead atoms. The van der Waals surface area contributed by atoms with Crippen LogP contribution in [0.15, 0.2) is 133 Å². The molecule has 2 atom stereocenters. The van der Waals surface area contributed by atoms with Gasteiger partial charge in [0.2, 0.25) is 0 Å². The van der Waals surface area contributed by atoms with Gasteiger partial charge in [-0.25, -0.2) is 4.79 Å². The van der Waals surface area contributed by atoms with E-state index in [4.69, 9.17) is 4.74 Å². The molecule has 0 fully saturated rings. The van der Waals surface area contributed by atoms with Gasteiger partial charge in [0.05, 0.1) is 6.10 Å². The Balaban J connectivity index is 1.71. The number of rotatable bonds is 12. The van der Waals surface area contributed by atoms with Crippen LogP contribution >= 0.6 is 0 Å². The number of carbonyl (C=O) groups is 1. The molecule has 2 N–H and O–H groups in total. The highest BCUT2D eigenvalue weighted by Crippen LogP contribution is 2.22. The predicted molar refractivity (Wildman–Crippen MR) is 170 cm³/mol. The van der Waals surface area contributed by atoms with Gasteiger partial charge < -0.3 is 9.84 Å². The van der Waals surface area contributed by atoms with E-state index in [-0.39, 0.29) is 6.04 Å². The van der Waals surface area contributed by atoms with E-state index in [0.717, 1.165) is 11.1 Å². The van der Waals surface area contributed by atoms with Gasteiger partial charge in [-0.1, -0.05) is 121 Å². The lowest BCUT2D eigenvalue weighted by atomic mass is 9.96. The number of benzene rings is 4. The Labute approximate surface area is 250 Å². The van der Waals surface area contributed by atoms with E-state index in [1.165, 1.54) is 11.1 Å². The Morgan fingerprint density at radius 3 is 1.62 bits per heavy atom. The van der Waals surface area contributed by atoms with Crippen LogP contribution in [0.25, 0.3) is 0 Å². The van der Waals surface area contributed by atoms with Gasteiger partial charge >= 0.3 is 6.09 Å². The third-order valence-corrected chi connectivity index (χ3v) is 6.88. The number of alkyl carbamates (subject to hydrolysis) is 1. The van der Waals surface area contributed by atoms with Crippen molar-refractivity contribution in [3.63, 3.8) is 0 Å². The van der Waals surface area contributed by atoms with Crippen LogP contribution in [0.4, 0.5) is 4.79 Å². The molecule has 1 amide bonds. The largest absolute Gasteiger partial charge is 0.444 e. The molecule has 0 heterocycles. The number of ether oxygens (including phenoxy) is 1. The summed E-state index contributed by atoms with van der Waals surface area (Å²) in [5, 5.41) is 14.9. The summed E-state index contributed by atoms with van der Waals surface area (Å²) >= 11 is 0. The number of allylic oxidation sites excluding steroid dienone is 1. The lowest BCUT2D eigenvalue weighted by molar-refractivity contribution is 0.0537. The third kappa shape index (κ3) is 10.3. The Morgan fingerprint density at radius 1 is 0.738 bits per heavy atom. The Kier molecular flexibility index (Phi) is 11.1. The first-order valence-corrected chi connectivity index (χ1v) is 14.5. The van der Waals surface area contributed by atoms with Gasteiger partial charge in [0.15, 0.2) is 0 Å². The van der Waals surface area contributed by atoms with Crippen molar-refractivity contribution >= 4 is 6.09 Å². The molecule has 0 aliphatic rings. The molecule has 218 valence electrons. The van der Waals surface area contributed by atoms with Crippen LogP contribution in [0.5, 0.6) is 0 Å². The summed E-state index contributed by atoms with van der Waals surface area (Å²) in [5.74, 6) is 0. The molecular formula is C37H42N2O3. The fourth-order valence-corrected chi connectivity index (χ4v) is 4.96. The standard InChI is InChI=1S/C37H42N2O3/c1-37(2,3)42-36(41)38-33(24-29-16-8-4-9-17-29)26-35(40)34(25-30-18-10-5-11-19-30)39(27-31-20-12-6-13-21-31)28-32-22-14-7-15-23-32/h4-23,26,34-35,40H,24-25,27-28H2,1-3H3,(H,38,41)/t34-,35-/m0/s1. The lowest BCUT2D eigenvalue weighted by Gasteiger charge is -2.35. The smallest absolute Gasteiger partial charge is 0.411 e. The second-order valence-electron chi connectivity index (χ2n) is 11.6. The molecule has 5 heteroatoms. The van der Waals surface area contributed by atoms with Crippen LogP contribution < -0.4 is 5.32 Å². The fraction of sp³-hybridized carbons (Fsp3) is 0.270. The van der Waals surface area contributed by atoms with Crippen LogP contribution in [0.1, 0.15) is 43.0 Å². The summed E-state index contributed by atoms with van der Waals surface area (Å²) < 4.78 is 5.57. The van der Waals surface area contributed by atoms with Gasteiger partial charge in [-0.05, 0) is 55.5 Å². The minimum absolute atomic E-state index is 0.279. The molecule has 5 nitrogen and oxygen atoms in total. The molecule has 0 unspecified atom stereocenters. The van der Waals surface area contributed by atoms with Crippen LogP contribution in [0, 0.1) is 0 Å². The van der Waals surface area contributed by atoms with Crippen molar-refractivity contribution in [2.24, 2.45) is 0 Å². The third-order valence-electron chi connectivity index (χ3n) is 6.88. The first kappa shape index (κ1) is 30.8. The lowest BCUT2D eigenvalue weighted by Crippen LogP contribution is -2.44. The molecule has 0 saturated carbocycles. The summed E-state index contributed by atoms with van der Waals surface area (Å²) in [6, 6.07) is 40.5. The number of hydrogen-bond acceptors (Lipinski definition) is 4. The quantitative estimate of drug-likeness (QED) is 0.190. The van der Waals surface area contributed by atoms with Gasteiger partial charge in [-0.15, -0.1) is 0 Å². The zero-order valence-electron chi connectivity index (χ0n) is 24.8. The van der Waals surface area contributed by atoms with E-state index >= 15 is 0 Å². The van der Waals surface area contributed by atoms with Crippen molar-refractivity contribution in [1.29, 1.82) is 0 Å². The fourth-order valence-electron chi connectivity index (χ4n) is 4.96. The maximum Gasteiger partial charge on any atom is 0.411 e. The molecule has 0 radical (unpaired) electrons. The average Bonchev–Trinajstić information content (AvgIpc) is 2.96. The number of nitrogens with zero attached hydrogens (tertiary/aromatic N) is 1. The average molecular weight is 563 g/mol. The van der Waals surface area contributed by atoms with Crippen molar-refractivity contribution in [2.45, 2.75) is 64.4 Å². The Morgan fingerprint density at radius 2 is 1.17 bits per heavy atom. The Hall–Kier alpha value is -4.19. The Bertz CT molecular complexity index is 1340. The number of carbonyl (C=O) groups excluding carboxylic acids is 1. The number of hydrogen-bond donors (Lipinski definition) is 2. The van der Waals surface area contributed by atoms with Crippen molar-refractivity contribution < 1.29 is 14.6 Å². The zero-order chi connectivity index (χ0) is 29.8. The van der Waals surface area contributed by atoms with Crippen LogP contribution in [-0.2, 0) is 30.7 Å². The van der Waals surface area contributed by atoms with Gasteiger partial charge in [-0.2, -0.15) is 0 Å². The van der Waals surface area contributed by atoms with Crippen LogP contribution in [0.2, 0.25) is 0 Å². The highest BCUT2D eigenvalue weighted by molar-refractivity contribution is 5.70. The highest BCUT2D eigenvalue weighted by Gasteiger charge is 2.27. The van der Waals surface area contributed by atoms with Crippen molar-refractivity contribution in [3.05, 3.63) is 155 Å². The van der Waals surface area contributed by atoms with Gasteiger partial charge in [0.1, 0.15) is 5.60 Å². The number of aliphatic hydroxyl groups excluding tert-OH is 1. The summed E-state index contributed by atoms with van der Waals surface area (Å²) in [4.78, 5) is 15.2. The molecule has 0 aliphatic heterocycles. The minimum atomic E-state index is -0.883. The number of aliphatic hydroxyl groups is 1. The predicted octanol–water partition coefficient (Wildman–Crippen LogP) is 7.31. The molecule has 4 aromatic rings. The summed E-state index contributed by atoms with van der Waals surface area (Å²) in [6.07, 6.45) is 1.44. The second-order valence-corrected chi connectivity index (χ2v) is 11.6. The monoisotopic (exact) mass is 562 g/mol. The van der Waals surface area contributed by atoms with Crippen LogP contribution in [-0.4, -0.2) is 33.8 Å². The van der Waals surface area contributed by atoms with Crippen molar-refractivity contribution in [3.8, 4) is 0 Å². The molecule has 4 rings (SSSR count). The molecule has 42 heavy (non-hydrogen) atoms. The number of amides is 1. The highest BCUT2D eigenvalue weighted by atomic mass is 16.6. The first-order valence-electron chi connectivity index (χ1n) is 14.5. The van der Waals surface area contributed by atoms with E-state index in [1.807, 2.05) is 106 Å². The topological polar surface area (TPSA) is 61.8 Å². The maximum atomic E-state index is 12.9. The zero-order valence-corrected chi connectivity index (χ0v) is 24.8. The molecule has 4 aromatic carbocycles. The van der Waals surface area contributed by atoms with Crippen LogP contribution in [0.3, 0.4) is 0 Å². The van der Waals surface area contributed by atoms with Gasteiger partial charge in [-0.3, -0.25) is 10.2 Å². The minimum Gasteiger partial charge on any atom is -0.444 e. The van der Waals surface area contributed by atoms with E-state index in [9.17, 15) is 9.90 Å². The van der Waals surface area contributed by atoms with Crippen molar-refractivity contribution in [1.82, 2.24) is 10.2 Å².